The fourth-order valence-corrected chi connectivity index (χ4v) is 1.81. The summed E-state index contributed by atoms with van der Waals surface area (Å²) in [5, 5.41) is 15.3. The summed E-state index contributed by atoms with van der Waals surface area (Å²) in [6.45, 7) is 0.345. The van der Waals surface area contributed by atoms with E-state index in [0.29, 0.717) is 6.54 Å². The first-order chi connectivity index (χ1) is 8.16. The van der Waals surface area contributed by atoms with Gasteiger partial charge in [0.25, 0.3) is 0 Å². The molecule has 0 fully saturated rings. The molecule has 0 unspecified atom stereocenters. The standard InChI is InChI=1S/C8H6ClN5O2S/c9-8-11-2-6(14(15)16)7(13-8)10-1-5-3-17-4-12-5/h2-4H,1H2,(H,10,11,13). The summed E-state index contributed by atoms with van der Waals surface area (Å²) < 4.78 is 0. The lowest BCUT2D eigenvalue weighted by atomic mass is 10.4. The first-order valence-electron chi connectivity index (χ1n) is 4.44. The average Bonchev–Trinajstić information content (AvgIpc) is 2.78. The number of hydrogen-bond acceptors (Lipinski definition) is 7. The average molecular weight is 272 g/mol. The van der Waals surface area contributed by atoms with Crippen LogP contribution in [-0.2, 0) is 6.54 Å². The first kappa shape index (κ1) is 11.7. The molecular formula is C8H6ClN5O2S. The van der Waals surface area contributed by atoms with Crippen molar-refractivity contribution in [2.24, 2.45) is 0 Å². The Labute approximate surface area is 105 Å². The molecule has 2 heterocycles. The van der Waals surface area contributed by atoms with Gasteiger partial charge in [0.15, 0.2) is 0 Å². The number of thiazole rings is 1. The molecule has 88 valence electrons. The van der Waals surface area contributed by atoms with Crippen molar-refractivity contribution < 1.29 is 4.92 Å². The third-order valence-corrected chi connectivity index (χ3v) is 2.67. The number of nitrogens with zero attached hydrogens (tertiary/aromatic N) is 4. The lowest BCUT2D eigenvalue weighted by Gasteiger charge is -2.03. The van der Waals surface area contributed by atoms with E-state index in [9.17, 15) is 10.1 Å². The van der Waals surface area contributed by atoms with Crippen molar-refractivity contribution in [1.82, 2.24) is 15.0 Å². The van der Waals surface area contributed by atoms with Gasteiger partial charge < -0.3 is 5.32 Å². The maximum absolute atomic E-state index is 10.7. The van der Waals surface area contributed by atoms with E-state index >= 15 is 0 Å². The van der Waals surface area contributed by atoms with Crippen molar-refractivity contribution in [3.05, 3.63) is 38.2 Å². The zero-order valence-corrected chi connectivity index (χ0v) is 9.90. The van der Waals surface area contributed by atoms with E-state index in [0.717, 1.165) is 11.9 Å². The van der Waals surface area contributed by atoms with E-state index in [1.54, 1.807) is 5.51 Å². The van der Waals surface area contributed by atoms with Crippen LogP contribution in [0.3, 0.4) is 0 Å². The molecule has 0 aromatic carbocycles. The number of nitrogens with one attached hydrogen (secondary N) is 1. The molecule has 0 amide bonds. The summed E-state index contributed by atoms with van der Waals surface area (Å²) in [6, 6.07) is 0. The van der Waals surface area contributed by atoms with Crippen molar-refractivity contribution in [2.45, 2.75) is 6.54 Å². The molecule has 2 rings (SSSR count). The van der Waals surface area contributed by atoms with Gasteiger partial charge in [0.1, 0.15) is 6.20 Å². The van der Waals surface area contributed by atoms with Crippen LogP contribution in [0.5, 0.6) is 0 Å². The van der Waals surface area contributed by atoms with Crippen molar-refractivity contribution in [3.8, 4) is 0 Å². The molecule has 1 N–H and O–H groups in total. The zero-order valence-electron chi connectivity index (χ0n) is 8.33. The summed E-state index contributed by atoms with van der Waals surface area (Å²) in [5.41, 5.74) is 2.24. The van der Waals surface area contributed by atoms with E-state index in [1.807, 2.05) is 5.38 Å². The summed E-state index contributed by atoms with van der Waals surface area (Å²) in [6.07, 6.45) is 1.07. The number of hydrogen-bond donors (Lipinski definition) is 1. The van der Waals surface area contributed by atoms with Gasteiger partial charge in [-0.2, -0.15) is 4.98 Å². The fourth-order valence-electron chi connectivity index (χ4n) is 1.12. The van der Waals surface area contributed by atoms with Gasteiger partial charge in [0.2, 0.25) is 11.1 Å². The van der Waals surface area contributed by atoms with Crippen LogP contribution >= 0.6 is 22.9 Å². The minimum Gasteiger partial charge on any atom is -0.359 e. The number of aromatic nitrogens is 3. The lowest BCUT2D eigenvalue weighted by Crippen LogP contribution is -2.05. The number of halogens is 1. The Balaban J connectivity index is 2.19. The van der Waals surface area contributed by atoms with Gasteiger partial charge in [-0.3, -0.25) is 10.1 Å². The maximum Gasteiger partial charge on any atom is 0.329 e. The van der Waals surface area contributed by atoms with Crippen molar-refractivity contribution >= 4 is 34.4 Å². The van der Waals surface area contributed by atoms with Crippen molar-refractivity contribution in [2.75, 3.05) is 5.32 Å². The van der Waals surface area contributed by atoms with Gasteiger partial charge in [-0.1, -0.05) is 0 Å². The normalized spacial score (nSPS) is 10.2. The van der Waals surface area contributed by atoms with E-state index in [2.05, 4.69) is 20.3 Å². The predicted octanol–water partition coefficient (Wildman–Crippen LogP) is 2.11. The molecule has 17 heavy (non-hydrogen) atoms. The Bertz CT molecular complexity index is 533. The van der Waals surface area contributed by atoms with Gasteiger partial charge in [-0.05, 0) is 11.6 Å². The minimum atomic E-state index is -0.570. The van der Waals surface area contributed by atoms with Crippen LogP contribution in [0.15, 0.2) is 17.1 Å². The molecule has 7 nitrogen and oxygen atoms in total. The van der Waals surface area contributed by atoms with Gasteiger partial charge in [-0.15, -0.1) is 11.3 Å². The van der Waals surface area contributed by atoms with E-state index < -0.39 is 4.92 Å². The molecule has 9 heteroatoms. The molecule has 2 aromatic heterocycles. The highest BCUT2D eigenvalue weighted by atomic mass is 35.5. The molecule has 0 spiro atoms. The third-order valence-electron chi connectivity index (χ3n) is 1.86. The second kappa shape index (κ2) is 5.02. The van der Waals surface area contributed by atoms with E-state index in [4.69, 9.17) is 11.6 Å². The van der Waals surface area contributed by atoms with Crippen LogP contribution in [0, 0.1) is 10.1 Å². The highest BCUT2D eigenvalue weighted by Gasteiger charge is 2.16. The molecule has 2 aromatic rings. The maximum atomic E-state index is 10.7. The summed E-state index contributed by atoms with van der Waals surface area (Å²) in [5.74, 6) is 0.0861. The minimum absolute atomic E-state index is 0.0450. The molecule has 0 saturated carbocycles. The monoisotopic (exact) mass is 271 g/mol. The molecular weight excluding hydrogens is 266 g/mol. The van der Waals surface area contributed by atoms with E-state index in [1.165, 1.54) is 11.3 Å². The number of nitro groups is 1. The van der Waals surface area contributed by atoms with Crippen molar-refractivity contribution in [1.29, 1.82) is 0 Å². The fraction of sp³-hybridized carbons (Fsp3) is 0.125. The zero-order chi connectivity index (χ0) is 12.3. The van der Waals surface area contributed by atoms with Crippen molar-refractivity contribution in [3.63, 3.8) is 0 Å². The second-order valence-corrected chi connectivity index (χ2v) is 4.02. The molecule has 0 atom stereocenters. The van der Waals surface area contributed by atoms with Crippen LogP contribution in [0.4, 0.5) is 11.5 Å². The van der Waals surface area contributed by atoms with Crippen LogP contribution < -0.4 is 5.32 Å². The topological polar surface area (TPSA) is 93.8 Å². The Kier molecular flexibility index (Phi) is 3.45. The smallest absolute Gasteiger partial charge is 0.329 e. The molecule has 0 radical (unpaired) electrons. The van der Waals surface area contributed by atoms with Crippen LogP contribution in [0.25, 0.3) is 0 Å². The largest absolute Gasteiger partial charge is 0.359 e. The summed E-state index contributed by atoms with van der Waals surface area (Å²) >= 11 is 7.03. The Morgan fingerprint density at radius 2 is 2.35 bits per heavy atom. The third kappa shape index (κ3) is 2.86. The van der Waals surface area contributed by atoms with Gasteiger partial charge in [-0.25, -0.2) is 9.97 Å². The molecule has 0 aliphatic carbocycles. The lowest BCUT2D eigenvalue weighted by molar-refractivity contribution is -0.384. The second-order valence-electron chi connectivity index (χ2n) is 2.96. The first-order valence-corrected chi connectivity index (χ1v) is 5.77. The Morgan fingerprint density at radius 1 is 1.53 bits per heavy atom. The van der Waals surface area contributed by atoms with Crippen LogP contribution in [-0.4, -0.2) is 19.9 Å². The number of rotatable bonds is 4. The van der Waals surface area contributed by atoms with Gasteiger partial charge >= 0.3 is 5.69 Å². The quantitative estimate of drug-likeness (QED) is 0.520. The molecule has 0 aliphatic rings. The van der Waals surface area contributed by atoms with Gasteiger partial charge in [0, 0.05) is 5.38 Å². The SMILES string of the molecule is O=[N+]([O-])c1cnc(Cl)nc1NCc1cscn1. The Morgan fingerprint density at radius 3 is 3.00 bits per heavy atom. The molecule has 0 saturated heterocycles. The summed E-state index contributed by atoms with van der Waals surface area (Å²) in [7, 11) is 0. The van der Waals surface area contributed by atoms with Gasteiger partial charge in [0.05, 0.1) is 22.7 Å². The Hall–Kier alpha value is -1.80. The summed E-state index contributed by atoms with van der Waals surface area (Å²) in [4.78, 5) is 21.5. The molecule has 0 bridgehead atoms. The predicted molar refractivity (Wildman–Crippen MR) is 63.1 cm³/mol. The highest BCUT2D eigenvalue weighted by molar-refractivity contribution is 7.07. The van der Waals surface area contributed by atoms with E-state index in [-0.39, 0.29) is 16.8 Å². The van der Waals surface area contributed by atoms with Crippen LogP contribution in [0.1, 0.15) is 5.69 Å². The highest BCUT2D eigenvalue weighted by Crippen LogP contribution is 2.22. The molecule has 0 aliphatic heterocycles. The van der Waals surface area contributed by atoms with Crippen LogP contribution in [0.2, 0.25) is 5.28 Å². The number of anilines is 1.